The Labute approximate surface area is 213 Å². The van der Waals surface area contributed by atoms with Gasteiger partial charge in [-0.3, -0.25) is 13.9 Å². The van der Waals surface area contributed by atoms with Crippen LogP contribution in [0.4, 0.5) is 5.69 Å². The Balaban J connectivity index is 1.97. The molecule has 36 heavy (non-hydrogen) atoms. The number of hydrogen-bond donors (Lipinski definition) is 1. The topological polar surface area (TPSA) is 86.8 Å². The molecule has 8 heteroatoms. The molecule has 0 saturated heterocycles. The molecule has 0 heterocycles. The van der Waals surface area contributed by atoms with Gasteiger partial charge in [-0.25, -0.2) is 8.42 Å². The molecule has 0 aliphatic carbocycles. The average molecular weight is 508 g/mol. The quantitative estimate of drug-likeness (QED) is 0.421. The minimum Gasteiger partial charge on any atom is -0.352 e. The molecule has 0 radical (unpaired) electrons. The molecule has 0 saturated carbocycles. The van der Waals surface area contributed by atoms with E-state index in [0.717, 1.165) is 16.3 Å². The summed E-state index contributed by atoms with van der Waals surface area (Å²) in [7, 11) is -4.04. The number of rotatable bonds is 11. The van der Waals surface area contributed by atoms with E-state index in [-0.39, 0.29) is 23.4 Å². The van der Waals surface area contributed by atoms with Crippen molar-refractivity contribution >= 4 is 27.5 Å². The first-order chi connectivity index (χ1) is 17.2. The van der Waals surface area contributed by atoms with Gasteiger partial charge < -0.3 is 10.2 Å². The summed E-state index contributed by atoms with van der Waals surface area (Å²) in [5, 5.41) is 2.93. The minimum absolute atomic E-state index is 0.0482. The van der Waals surface area contributed by atoms with E-state index in [1.807, 2.05) is 44.2 Å². The van der Waals surface area contributed by atoms with E-state index in [1.54, 1.807) is 55.5 Å². The number of amides is 2. The lowest BCUT2D eigenvalue weighted by molar-refractivity contribution is -0.139. The van der Waals surface area contributed by atoms with Crippen molar-refractivity contribution < 1.29 is 18.0 Å². The fraction of sp³-hybridized carbons (Fsp3) is 0.286. The molecule has 0 spiro atoms. The molecule has 2 unspecified atom stereocenters. The first-order valence-corrected chi connectivity index (χ1v) is 13.4. The predicted octanol–water partition coefficient (Wildman–Crippen LogP) is 4.21. The third kappa shape index (κ3) is 6.73. The number of nitrogens with zero attached hydrogens (tertiary/aromatic N) is 2. The van der Waals surface area contributed by atoms with Crippen LogP contribution >= 0.6 is 0 Å². The van der Waals surface area contributed by atoms with Gasteiger partial charge in [0.25, 0.3) is 10.0 Å². The van der Waals surface area contributed by atoms with Crippen LogP contribution in [-0.2, 0) is 26.2 Å². The zero-order valence-electron chi connectivity index (χ0n) is 20.9. The largest absolute Gasteiger partial charge is 0.352 e. The fourth-order valence-corrected chi connectivity index (χ4v) is 5.11. The highest BCUT2D eigenvalue weighted by atomic mass is 32.2. The summed E-state index contributed by atoms with van der Waals surface area (Å²) in [6.07, 6.45) is 0.752. The smallest absolute Gasteiger partial charge is 0.264 e. The maximum absolute atomic E-state index is 13.8. The van der Waals surface area contributed by atoms with Gasteiger partial charge in [0.2, 0.25) is 11.8 Å². The molecule has 2 amide bonds. The molecular weight excluding hydrogens is 474 g/mol. The van der Waals surface area contributed by atoms with Crippen molar-refractivity contribution in [1.29, 1.82) is 0 Å². The number of carbonyl (C=O) groups excluding carboxylic acids is 2. The van der Waals surface area contributed by atoms with Crippen LogP contribution < -0.4 is 9.62 Å². The normalized spacial score (nSPS) is 12.9. The number of benzene rings is 3. The molecule has 3 rings (SSSR count). The Morgan fingerprint density at radius 1 is 0.833 bits per heavy atom. The fourth-order valence-electron chi connectivity index (χ4n) is 3.67. The van der Waals surface area contributed by atoms with Crippen LogP contribution in [0, 0.1) is 0 Å². The van der Waals surface area contributed by atoms with Crippen LogP contribution in [0.25, 0.3) is 0 Å². The highest BCUT2D eigenvalue weighted by Gasteiger charge is 2.32. The summed E-state index contributed by atoms with van der Waals surface area (Å²) in [6, 6.07) is 25.0. The molecule has 2 atom stereocenters. The van der Waals surface area contributed by atoms with E-state index in [2.05, 4.69) is 5.32 Å². The maximum atomic E-state index is 13.8. The van der Waals surface area contributed by atoms with Crippen LogP contribution in [-0.4, -0.2) is 43.8 Å². The number of carbonyl (C=O) groups is 2. The second-order valence-electron chi connectivity index (χ2n) is 8.66. The number of para-hydroxylation sites is 1. The Kier molecular flexibility index (Phi) is 9.25. The number of hydrogen-bond acceptors (Lipinski definition) is 4. The average Bonchev–Trinajstić information content (AvgIpc) is 2.91. The van der Waals surface area contributed by atoms with E-state index >= 15 is 0 Å². The van der Waals surface area contributed by atoms with Gasteiger partial charge in [0, 0.05) is 12.6 Å². The summed E-state index contributed by atoms with van der Waals surface area (Å²) in [5.74, 6) is -0.764. The highest BCUT2D eigenvalue weighted by molar-refractivity contribution is 7.92. The van der Waals surface area contributed by atoms with Crippen molar-refractivity contribution in [3.63, 3.8) is 0 Å². The first-order valence-electron chi connectivity index (χ1n) is 12.0. The van der Waals surface area contributed by atoms with Gasteiger partial charge in [0.05, 0.1) is 10.6 Å². The first kappa shape index (κ1) is 26.9. The molecule has 0 bridgehead atoms. The van der Waals surface area contributed by atoms with Crippen LogP contribution in [0.2, 0.25) is 0 Å². The second-order valence-corrected chi connectivity index (χ2v) is 10.5. The lowest BCUT2D eigenvalue weighted by Crippen LogP contribution is -2.52. The van der Waals surface area contributed by atoms with Gasteiger partial charge in [-0.15, -0.1) is 0 Å². The minimum atomic E-state index is -4.04. The van der Waals surface area contributed by atoms with Crippen molar-refractivity contribution in [2.45, 2.75) is 50.7 Å². The molecule has 0 aliphatic heterocycles. The van der Waals surface area contributed by atoms with Crippen molar-refractivity contribution in [2.75, 3.05) is 10.8 Å². The van der Waals surface area contributed by atoms with Gasteiger partial charge in [-0.05, 0) is 50.1 Å². The van der Waals surface area contributed by atoms with Crippen molar-refractivity contribution in [3.8, 4) is 0 Å². The van der Waals surface area contributed by atoms with Gasteiger partial charge in [0.1, 0.15) is 12.6 Å². The lowest BCUT2D eigenvalue weighted by atomic mass is 10.1. The highest BCUT2D eigenvalue weighted by Crippen LogP contribution is 2.24. The lowest BCUT2D eigenvalue weighted by Gasteiger charge is -2.32. The molecule has 7 nitrogen and oxygen atoms in total. The summed E-state index contributed by atoms with van der Waals surface area (Å²) in [6.45, 7) is 5.25. The van der Waals surface area contributed by atoms with Crippen LogP contribution in [0.3, 0.4) is 0 Å². The summed E-state index contributed by atoms with van der Waals surface area (Å²) < 4.78 is 28.3. The third-order valence-electron chi connectivity index (χ3n) is 6.02. The second kappa shape index (κ2) is 12.4. The Bertz CT molecular complexity index is 1240. The Hall–Kier alpha value is -3.65. The molecule has 0 aliphatic rings. The van der Waals surface area contributed by atoms with Gasteiger partial charge in [0.15, 0.2) is 0 Å². The Morgan fingerprint density at radius 2 is 1.36 bits per heavy atom. The molecular formula is C28H33N3O4S. The van der Waals surface area contributed by atoms with Gasteiger partial charge >= 0.3 is 0 Å². The molecule has 0 aromatic heterocycles. The van der Waals surface area contributed by atoms with E-state index in [1.165, 1.54) is 17.0 Å². The number of sulfonamides is 1. The molecule has 3 aromatic rings. The Morgan fingerprint density at radius 3 is 1.92 bits per heavy atom. The van der Waals surface area contributed by atoms with Crippen LogP contribution in [0.5, 0.6) is 0 Å². The summed E-state index contributed by atoms with van der Waals surface area (Å²) in [5.41, 5.74) is 1.21. The molecule has 190 valence electrons. The van der Waals surface area contributed by atoms with Crippen molar-refractivity contribution in [3.05, 3.63) is 96.6 Å². The summed E-state index contributed by atoms with van der Waals surface area (Å²) in [4.78, 5) is 28.3. The maximum Gasteiger partial charge on any atom is 0.264 e. The van der Waals surface area contributed by atoms with Gasteiger partial charge in [-0.2, -0.15) is 0 Å². The number of anilines is 1. The predicted molar refractivity (Wildman–Crippen MR) is 142 cm³/mol. The number of nitrogens with one attached hydrogen (secondary N) is 1. The third-order valence-corrected chi connectivity index (χ3v) is 7.81. The monoisotopic (exact) mass is 507 g/mol. The van der Waals surface area contributed by atoms with Crippen LogP contribution in [0.1, 0.15) is 32.8 Å². The standard InChI is InChI=1S/C28H33N3O4S/c1-4-22(2)29-28(33)23(3)30(20-24-14-8-5-9-15-24)27(32)21-31(25-16-10-6-11-17-25)36(34,35)26-18-12-7-13-19-26/h5-19,22-23H,4,20-21H2,1-3H3,(H,29,33). The van der Waals surface area contributed by atoms with E-state index < -0.39 is 28.5 Å². The summed E-state index contributed by atoms with van der Waals surface area (Å²) >= 11 is 0. The van der Waals surface area contributed by atoms with Crippen molar-refractivity contribution in [2.24, 2.45) is 0 Å². The SMILES string of the molecule is CCC(C)NC(=O)C(C)N(Cc1ccccc1)C(=O)CN(c1ccccc1)S(=O)(=O)c1ccccc1. The molecule has 1 N–H and O–H groups in total. The van der Waals surface area contributed by atoms with E-state index in [4.69, 9.17) is 0 Å². The molecule has 3 aromatic carbocycles. The zero-order chi connectivity index (χ0) is 26.1. The van der Waals surface area contributed by atoms with Crippen molar-refractivity contribution in [1.82, 2.24) is 10.2 Å². The molecule has 0 fully saturated rings. The van der Waals surface area contributed by atoms with Gasteiger partial charge in [-0.1, -0.05) is 73.7 Å². The van der Waals surface area contributed by atoms with E-state index in [0.29, 0.717) is 5.69 Å². The van der Waals surface area contributed by atoms with E-state index in [9.17, 15) is 18.0 Å². The zero-order valence-corrected chi connectivity index (χ0v) is 21.7. The van der Waals surface area contributed by atoms with Crippen LogP contribution in [0.15, 0.2) is 95.9 Å².